The lowest BCUT2D eigenvalue weighted by Crippen LogP contribution is -2.13. The highest BCUT2D eigenvalue weighted by Gasteiger charge is 2.11. The van der Waals surface area contributed by atoms with Crippen molar-refractivity contribution in [2.75, 3.05) is 11.9 Å². The maximum atomic E-state index is 12.1. The molecule has 0 saturated carbocycles. The van der Waals surface area contributed by atoms with Crippen molar-refractivity contribution >= 4 is 39.9 Å². The molecule has 0 aliphatic carbocycles. The quantitative estimate of drug-likeness (QED) is 0.270. The molecule has 7 nitrogen and oxygen atoms in total. The average Bonchev–Trinajstić information content (AvgIpc) is 3.13. The number of hydrogen-bond acceptors (Lipinski definition) is 8. The number of thioether (sulfide) groups is 1. The number of anilines is 1. The summed E-state index contributed by atoms with van der Waals surface area (Å²) in [7, 11) is 0. The molecule has 132 valence electrons. The Morgan fingerprint density at radius 1 is 1.15 bits per heavy atom. The number of ketones is 1. The van der Waals surface area contributed by atoms with E-state index >= 15 is 0 Å². The van der Waals surface area contributed by atoms with Gasteiger partial charge in [-0.3, -0.25) is 14.9 Å². The molecule has 0 saturated heterocycles. The molecule has 0 aliphatic rings. The van der Waals surface area contributed by atoms with Crippen LogP contribution in [-0.4, -0.2) is 26.6 Å². The first-order valence-corrected chi connectivity index (χ1v) is 9.39. The van der Waals surface area contributed by atoms with Crippen LogP contribution in [0.5, 0.6) is 0 Å². The van der Waals surface area contributed by atoms with Crippen molar-refractivity contribution in [2.24, 2.45) is 0 Å². The van der Waals surface area contributed by atoms with Crippen molar-refractivity contribution in [1.82, 2.24) is 9.36 Å². The summed E-state index contributed by atoms with van der Waals surface area (Å²) in [6.07, 6.45) is 0. The number of carbonyl (C=O) groups excluding carboxylic acids is 1. The number of benzene rings is 2. The fraction of sp³-hybridized carbons (Fsp3) is 0.118. The van der Waals surface area contributed by atoms with E-state index in [1.807, 2.05) is 30.3 Å². The van der Waals surface area contributed by atoms with Gasteiger partial charge in [-0.15, -0.1) is 0 Å². The molecule has 0 bridgehead atoms. The van der Waals surface area contributed by atoms with E-state index in [1.165, 1.54) is 53.1 Å². The highest BCUT2D eigenvalue weighted by Crippen LogP contribution is 2.23. The molecule has 9 heteroatoms. The molecule has 0 fully saturated rings. The predicted octanol–water partition coefficient (Wildman–Crippen LogP) is 4.03. The molecule has 1 aromatic heterocycles. The summed E-state index contributed by atoms with van der Waals surface area (Å²) in [4.78, 5) is 26.6. The number of nitro groups is 1. The molecule has 0 spiro atoms. The second-order valence-corrected chi connectivity index (χ2v) is 6.93. The van der Waals surface area contributed by atoms with E-state index in [0.29, 0.717) is 15.9 Å². The Labute approximate surface area is 157 Å². The summed E-state index contributed by atoms with van der Waals surface area (Å²) in [5.74, 6) is 0.604. The number of nitrogens with zero attached hydrogens (tertiary/aromatic N) is 3. The lowest BCUT2D eigenvalue weighted by Gasteiger charge is -2.02. The Hall–Kier alpha value is -2.78. The average molecular weight is 386 g/mol. The highest BCUT2D eigenvalue weighted by molar-refractivity contribution is 7.98. The minimum atomic E-state index is -0.498. The molecule has 0 unspecified atom stereocenters. The Kier molecular flexibility index (Phi) is 5.92. The molecule has 0 atom stereocenters. The zero-order chi connectivity index (χ0) is 18.4. The number of aromatic nitrogens is 2. The molecule has 0 amide bonds. The molecule has 0 radical (unpaired) electrons. The maximum Gasteiger partial charge on any atom is 0.269 e. The standard InChI is InChI=1S/C17H14N4O3S2/c22-15(13-6-8-14(9-7-13)21(23)24)10-18-16-19-17(20-26-16)25-11-12-4-2-1-3-5-12/h1-9H,10-11H2,(H,18,19,20). The van der Waals surface area contributed by atoms with Crippen LogP contribution in [0.2, 0.25) is 0 Å². The summed E-state index contributed by atoms with van der Waals surface area (Å²) in [5, 5.41) is 14.8. The summed E-state index contributed by atoms with van der Waals surface area (Å²) < 4.78 is 4.26. The number of non-ortho nitro benzene ring substituents is 1. The van der Waals surface area contributed by atoms with Crippen molar-refractivity contribution in [2.45, 2.75) is 10.9 Å². The Morgan fingerprint density at radius 2 is 1.88 bits per heavy atom. The molecule has 26 heavy (non-hydrogen) atoms. The Balaban J connectivity index is 1.51. The third-order valence-electron chi connectivity index (χ3n) is 3.42. The molecule has 1 N–H and O–H groups in total. The zero-order valence-electron chi connectivity index (χ0n) is 13.5. The van der Waals surface area contributed by atoms with Crippen molar-refractivity contribution in [3.63, 3.8) is 0 Å². The monoisotopic (exact) mass is 386 g/mol. The zero-order valence-corrected chi connectivity index (χ0v) is 15.1. The number of hydrogen-bond donors (Lipinski definition) is 1. The van der Waals surface area contributed by atoms with Gasteiger partial charge in [0, 0.05) is 35.0 Å². The van der Waals surface area contributed by atoms with E-state index < -0.39 is 4.92 Å². The maximum absolute atomic E-state index is 12.1. The van der Waals surface area contributed by atoms with Crippen molar-refractivity contribution in [1.29, 1.82) is 0 Å². The molecular weight excluding hydrogens is 372 g/mol. The molecule has 2 aromatic carbocycles. The summed E-state index contributed by atoms with van der Waals surface area (Å²) in [6, 6.07) is 15.6. The van der Waals surface area contributed by atoms with E-state index in [4.69, 9.17) is 0 Å². The lowest BCUT2D eigenvalue weighted by molar-refractivity contribution is -0.384. The van der Waals surface area contributed by atoms with E-state index in [1.54, 1.807) is 0 Å². The minimum absolute atomic E-state index is 0.0429. The molecular formula is C17H14N4O3S2. The van der Waals surface area contributed by atoms with Gasteiger partial charge in [0.1, 0.15) is 0 Å². The lowest BCUT2D eigenvalue weighted by atomic mass is 10.1. The van der Waals surface area contributed by atoms with E-state index in [-0.39, 0.29) is 18.0 Å². The van der Waals surface area contributed by atoms with Crippen LogP contribution in [0.25, 0.3) is 0 Å². The number of carbonyl (C=O) groups is 1. The molecule has 3 rings (SSSR count). The number of rotatable bonds is 8. The smallest absolute Gasteiger partial charge is 0.269 e. The highest BCUT2D eigenvalue weighted by atomic mass is 32.2. The molecule has 1 heterocycles. The van der Waals surface area contributed by atoms with Gasteiger partial charge in [0.15, 0.2) is 5.78 Å². The van der Waals surface area contributed by atoms with Crippen LogP contribution in [0.15, 0.2) is 59.8 Å². The second-order valence-electron chi connectivity index (χ2n) is 5.24. The first kappa shape index (κ1) is 18.0. The van der Waals surface area contributed by atoms with Crippen LogP contribution >= 0.6 is 23.3 Å². The van der Waals surface area contributed by atoms with Gasteiger partial charge in [-0.2, -0.15) is 9.36 Å². The number of nitro benzene ring substituents is 1. The fourth-order valence-corrected chi connectivity index (χ4v) is 3.58. The van der Waals surface area contributed by atoms with Crippen molar-refractivity contribution < 1.29 is 9.72 Å². The van der Waals surface area contributed by atoms with Crippen LogP contribution in [0.3, 0.4) is 0 Å². The minimum Gasteiger partial charge on any atom is -0.353 e. The third-order valence-corrected chi connectivity index (χ3v) is 5.13. The molecule has 0 aliphatic heterocycles. The van der Waals surface area contributed by atoms with Crippen LogP contribution in [0.1, 0.15) is 15.9 Å². The largest absolute Gasteiger partial charge is 0.353 e. The first-order chi connectivity index (χ1) is 12.6. The van der Waals surface area contributed by atoms with E-state index in [9.17, 15) is 14.9 Å². The summed E-state index contributed by atoms with van der Waals surface area (Å²) >= 11 is 2.72. The van der Waals surface area contributed by atoms with Crippen LogP contribution in [-0.2, 0) is 5.75 Å². The topological polar surface area (TPSA) is 98.0 Å². The normalized spacial score (nSPS) is 10.5. The van der Waals surface area contributed by atoms with Gasteiger partial charge >= 0.3 is 0 Å². The Morgan fingerprint density at radius 3 is 2.58 bits per heavy atom. The van der Waals surface area contributed by atoms with Gasteiger partial charge in [0.25, 0.3) is 5.69 Å². The van der Waals surface area contributed by atoms with Crippen LogP contribution in [0, 0.1) is 10.1 Å². The van der Waals surface area contributed by atoms with Gasteiger partial charge in [-0.25, -0.2) is 0 Å². The van der Waals surface area contributed by atoms with Gasteiger partial charge in [-0.05, 0) is 17.7 Å². The van der Waals surface area contributed by atoms with Gasteiger partial charge < -0.3 is 5.32 Å². The van der Waals surface area contributed by atoms with E-state index in [2.05, 4.69) is 14.7 Å². The fourth-order valence-electron chi connectivity index (χ4n) is 2.09. The van der Waals surface area contributed by atoms with Crippen LogP contribution in [0.4, 0.5) is 10.8 Å². The molecule has 3 aromatic rings. The summed E-state index contributed by atoms with van der Waals surface area (Å²) in [6.45, 7) is 0.0514. The SMILES string of the molecule is O=C(CNc1nc(SCc2ccccc2)ns1)c1ccc([N+](=O)[O-])cc1. The Bertz CT molecular complexity index is 898. The van der Waals surface area contributed by atoms with Crippen LogP contribution < -0.4 is 5.32 Å². The number of nitrogens with one attached hydrogen (secondary N) is 1. The first-order valence-electron chi connectivity index (χ1n) is 7.64. The van der Waals surface area contributed by atoms with Gasteiger partial charge in [-0.1, -0.05) is 42.1 Å². The second kappa shape index (κ2) is 8.54. The number of Topliss-reactive ketones (excluding diaryl/α,β-unsaturated/α-hetero) is 1. The van der Waals surface area contributed by atoms with E-state index in [0.717, 1.165) is 5.75 Å². The van der Waals surface area contributed by atoms with Crippen molar-refractivity contribution in [3.8, 4) is 0 Å². The summed E-state index contributed by atoms with van der Waals surface area (Å²) in [5.41, 5.74) is 1.56. The van der Waals surface area contributed by atoms with Crippen molar-refractivity contribution in [3.05, 3.63) is 75.8 Å². The predicted molar refractivity (Wildman–Crippen MR) is 102 cm³/mol. The van der Waals surface area contributed by atoms with Gasteiger partial charge in [0.05, 0.1) is 11.5 Å². The van der Waals surface area contributed by atoms with Gasteiger partial charge in [0.2, 0.25) is 10.3 Å². The third kappa shape index (κ3) is 4.87.